The molecule has 0 spiro atoms. The highest BCUT2D eigenvalue weighted by atomic mass is 32.2. The van der Waals surface area contributed by atoms with Gasteiger partial charge in [-0.25, -0.2) is 8.42 Å². The predicted molar refractivity (Wildman–Crippen MR) is 109 cm³/mol. The van der Waals surface area contributed by atoms with Crippen LogP contribution in [0.2, 0.25) is 0 Å². The Balaban J connectivity index is 1.57. The van der Waals surface area contributed by atoms with Gasteiger partial charge in [0.2, 0.25) is 0 Å². The molecule has 0 saturated heterocycles. The quantitative estimate of drug-likeness (QED) is 0.753. The minimum Gasteiger partial charge on any atom is -0.480 e. The van der Waals surface area contributed by atoms with Crippen LogP contribution in [-0.2, 0) is 14.8 Å². The van der Waals surface area contributed by atoms with Crippen LogP contribution >= 0.6 is 11.3 Å². The highest BCUT2D eigenvalue weighted by Crippen LogP contribution is 2.52. The molecule has 0 radical (unpaired) electrons. The molecule has 0 amide bonds. The number of thiophene rings is 1. The van der Waals surface area contributed by atoms with Crippen LogP contribution in [0.4, 0.5) is 0 Å². The van der Waals surface area contributed by atoms with Crippen molar-refractivity contribution in [3.63, 3.8) is 0 Å². The van der Waals surface area contributed by atoms with Gasteiger partial charge in [-0.15, -0.1) is 11.3 Å². The summed E-state index contributed by atoms with van der Waals surface area (Å²) in [6.07, 6.45) is 3.24. The molecule has 1 aliphatic heterocycles. The average molecular weight is 419 g/mol. The third-order valence-corrected chi connectivity index (χ3v) is 8.60. The minimum atomic E-state index is -3.92. The summed E-state index contributed by atoms with van der Waals surface area (Å²) in [5.74, 6) is -1.50. The van der Waals surface area contributed by atoms with Crippen LogP contribution in [0.5, 0.6) is 0 Å². The molecule has 1 aliphatic carbocycles. The number of nitrogens with one attached hydrogen (secondary N) is 1. The van der Waals surface area contributed by atoms with E-state index in [-0.39, 0.29) is 16.5 Å². The highest BCUT2D eigenvalue weighted by Gasteiger charge is 2.63. The molecule has 0 bridgehead atoms. The largest absolute Gasteiger partial charge is 0.480 e. The Morgan fingerprint density at radius 3 is 2.64 bits per heavy atom. The maximum atomic E-state index is 12.9. The molecule has 2 aliphatic rings. The Labute approximate surface area is 168 Å². The summed E-state index contributed by atoms with van der Waals surface area (Å²) in [6, 6.07) is 12.6. The molecule has 1 fully saturated rings. The van der Waals surface area contributed by atoms with Crippen LogP contribution in [0, 0.1) is 0 Å². The molecule has 148 valence electrons. The number of benzene rings is 1. The number of likely N-dealkylation sites (N-methyl/N-ethyl adjacent to an activating group) is 1. The molecular formula is C20H22N2O4S2. The summed E-state index contributed by atoms with van der Waals surface area (Å²) in [4.78, 5) is 15.0. The number of carboxylic acids is 1. The third-order valence-electron chi connectivity index (χ3n) is 5.44. The fraction of sp³-hybridized carbons (Fsp3) is 0.350. The minimum absolute atomic E-state index is 0.154. The molecule has 2 heterocycles. The number of aliphatic carboxylic acids is 1. The van der Waals surface area contributed by atoms with Crippen LogP contribution < -0.4 is 4.72 Å². The summed E-state index contributed by atoms with van der Waals surface area (Å²) >= 11 is 1.19. The first-order chi connectivity index (χ1) is 13.3. The number of sulfonamides is 1. The lowest BCUT2D eigenvalue weighted by atomic mass is 10.1. The van der Waals surface area contributed by atoms with E-state index in [4.69, 9.17) is 0 Å². The Hall–Kier alpha value is -2.00. The molecule has 2 atom stereocenters. The van der Waals surface area contributed by atoms with Gasteiger partial charge in [-0.1, -0.05) is 36.4 Å². The summed E-state index contributed by atoms with van der Waals surface area (Å²) in [6.45, 7) is 1.78. The Kier molecular flexibility index (Phi) is 4.91. The van der Waals surface area contributed by atoms with Crippen molar-refractivity contribution in [1.82, 2.24) is 9.62 Å². The maximum absolute atomic E-state index is 12.9. The van der Waals surface area contributed by atoms with Gasteiger partial charge >= 0.3 is 5.97 Å². The molecule has 8 heteroatoms. The number of nitrogens with zero attached hydrogens (tertiary/aromatic N) is 1. The molecule has 2 aromatic rings. The van der Waals surface area contributed by atoms with Crippen molar-refractivity contribution in [3.8, 4) is 0 Å². The van der Waals surface area contributed by atoms with Crippen molar-refractivity contribution in [1.29, 1.82) is 0 Å². The van der Waals surface area contributed by atoms with Gasteiger partial charge in [0.05, 0.1) is 0 Å². The predicted octanol–water partition coefficient (Wildman–Crippen LogP) is 2.76. The highest BCUT2D eigenvalue weighted by molar-refractivity contribution is 7.91. The molecule has 2 N–H and O–H groups in total. The van der Waals surface area contributed by atoms with Gasteiger partial charge in [0, 0.05) is 23.9 Å². The maximum Gasteiger partial charge on any atom is 0.325 e. The zero-order valence-electron chi connectivity index (χ0n) is 15.5. The van der Waals surface area contributed by atoms with Gasteiger partial charge in [0.15, 0.2) is 0 Å². The zero-order chi connectivity index (χ0) is 19.9. The normalized spacial score (nSPS) is 25.3. The third kappa shape index (κ3) is 3.53. The van der Waals surface area contributed by atoms with E-state index in [1.165, 1.54) is 11.3 Å². The molecule has 0 unspecified atom stereocenters. The van der Waals surface area contributed by atoms with Crippen molar-refractivity contribution in [2.75, 3.05) is 20.1 Å². The molecule has 1 aromatic carbocycles. The van der Waals surface area contributed by atoms with E-state index in [1.54, 1.807) is 6.07 Å². The standard InChI is InChI=1S/C20H22N2O4S2/c1-22-11-9-15(10-12-22)17-7-8-18(27-17)28(25,26)21-20(19(23)24)13-16(20)14-5-3-2-4-6-14/h2-9,16,21H,10-13H2,1H3,(H,23,24)/t16-,20-/m0/s1. The second-order valence-corrected chi connectivity index (χ2v) is 10.4. The smallest absolute Gasteiger partial charge is 0.325 e. The van der Waals surface area contributed by atoms with E-state index in [0.29, 0.717) is 0 Å². The van der Waals surface area contributed by atoms with Crippen LogP contribution in [0.15, 0.2) is 52.7 Å². The van der Waals surface area contributed by atoms with Gasteiger partial charge in [0.25, 0.3) is 10.0 Å². The fourth-order valence-electron chi connectivity index (χ4n) is 3.67. The molecule has 28 heavy (non-hydrogen) atoms. The van der Waals surface area contributed by atoms with Gasteiger partial charge in [-0.3, -0.25) is 4.79 Å². The fourth-order valence-corrected chi connectivity index (χ4v) is 6.44. The first kappa shape index (κ1) is 19.3. The summed E-state index contributed by atoms with van der Waals surface area (Å²) in [5.41, 5.74) is 0.499. The molecule has 1 saturated carbocycles. The second-order valence-electron chi connectivity index (χ2n) is 7.41. The summed E-state index contributed by atoms with van der Waals surface area (Å²) in [7, 11) is -1.87. The lowest BCUT2D eigenvalue weighted by Crippen LogP contribution is -2.44. The Morgan fingerprint density at radius 1 is 1.25 bits per heavy atom. The monoisotopic (exact) mass is 418 g/mol. The molecule has 1 aromatic heterocycles. The molecule has 4 rings (SSSR count). The van der Waals surface area contributed by atoms with E-state index in [0.717, 1.165) is 35.5 Å². The SMILES string of the molecule is CN1CC=C(c2ccc(S(=O)(=O)N[C@@]3(C(=O)O)C[C@H]3c3ccccc3)s2)CC1. The topological polar surface area (TPSA) is 86.7 Å². The van der Waals surface area contributed by atoms with Crippen molar-refractivity contribution in [3.05, 3.63) is 59.0 Å². The van der Waals surface area contributed by atoms with E-state index in [1.807, 2.05) is 43.4 Å². The van der Waals surface area contributed by atoms with Gasteiger partial charge in [0.1, 0.15) is 9.75 Å². The van der Waals surface area contributed by atoms with Crippen molar-refractivity contribution in [2.24, 2.45) is 0 Å². The Bertz CT molecular complexity index is 1030. The second kappa shape index (κ2) is 7.11. The summed E-state index contributed by atoms with van der Waals surface area (Å²) < 4.78 is 28.5. The first-order valence-corrected chi connectivity index (χ1v) is 11.4. The van der Waals surface area contributed by atoms with Crippen molar-refractivity contribution < 1.29 is 18.3 Å². The average Bonchev–Trinajstić information content (AvgIpc) is 3.17. The van der Waals surface area contributed by atoms with E-state index in [9.17, 15) is 18.3 Å². The zero-order valence-corrected chi connectivity index (χ0v) is 17.1. The lowest BCUT2D eigenvalue weighted by molar-refractivity contribution is -0.140. The van der Waals surface area contributed by atoms with Crippen LogP contribution in [0.3, 0.4) is 0 Å². The van der Waals surface area contributed by atoms with Crippen molar-refractivity contribution in [2.45, 2.75) is 28.5 Å². The first-order valence-electron chi connectivity index (χ1n) is 9.12. The molecule has 6 nitrogen and oxygen atoms in total. The molecular weight excluding hydrogens is 396 g/mol. The Morgan fingerprint density at radius 2 is 2.00 bits per heavy atom. The van der Waals surface area contributed by atoms with E-state index in [2.05, 4.69) is 15.7 Å². The van der Waals surface area contributed by atoms with Gasteiger partial charge in [-0.2, -0.15) is 4.72 Å². The van der Waals surface area contributed by atoms with E-state index < -0.39 is 21.5 Å². The summed E-state index contributed by atoms with van der Waals surface area (Å²) in [5, 5.41) is 9.74. The van der Waals surface area contributed by atoms with Crippen molar-refractivity contribution >= 4 is 32.9 Å². The number of hydrogen-bond donors (Lipinski definition) is 2. The van der Waals surface area contributed by atoms with Crippen LogP contribution in [0.25, 0.3) is 5.57 Å². The van der Waals surface area contributed by atoms with Gasteiger partial charge in [-0.05, 0) is 43.2 Å². The number of hydrogen-bond acceptors (Lipinski definition) is 5. The van der Waals surface area contributed by atoms with E-state index >= 15 is 0 Å². The van der Waals surface area contributed by atoms with Gasteiger partial charge < -0.3 is 10.0 Å². The number of rotatable bonds is 6. The lowest BCUT2D eigenvalue weighted by Gasteiger charge is -2.21. The van der Waals surface area contributed by atoms with Crippen LogP contribution in [0.1, 0.15) is 29.2 Å². The number of carboxylic acid groups (broad SMARTS) is 1. The number of carbonyl (C=O) groups is 1. The van der Waals surface area contributed by atoms with Crippen LogP contribution in [-0.4, -0.2) is 50.1 Å².